The van der Waals surface area contributed by atoms with Crippen LogP contribution in [-0.4, -0.2) is 110 Å². The van der Waals surface area contributed by atoms with Crippen LogP contribution in [0, 0.1) is 0 Å². The van der Waals surface area contributed by atoms with Gasteiger partial charge in [-0.3, -0.25) is 27.3 Å². The zero-order valence-corrected chi connectivity index (χ0v) is 24.5. The zero-order chi connectivity index (χ0) is 31.7. The third kappa shape index (κ3) is 5.47. The van der Waals surface area contributed by atoms with Gasteiger partial charge in [0.1, 0.15) is 60.6 Å². The van der Waals surface area contributed by atoms with Gasteiger partial charge in [-0.1, -0.05) is 0 Å². The summed E-state index contributed by atoms with van der Waals surface area (Å²) in [5.41, 5.74) is 12.2. The summed E-state index contributed by atoms with van der Waals surface area (Å²) >= 11 is 0. The van der Waals surface area contributed by atoms with Gasteiger partial charge in [-0.25, -0.2) is 38.9 Å². The highest BCUT2D eigenvalue weighted by molar-refractivity contribution is 7.52. The molecule has 0 aliphatic carbocycles. The molecule has 4 aromatic heterocycles. The largest absolute Gasteiger partial charge is 0.472 e. The summed E-state index contributed by atoms with van der Waals surface area (Å²) in [5, 5.41) is 11.0. The highest BCUT2D eigenvalue weighted by Gasteiger charge is 2.53. The highest BCUT2D eigenvalue weighted by Crippen LogP contribution is 2.53. The Bertz CT molecular complexity index is 1850. The van der Waals surface area contributed by atoms with Crippen LogP contribution in [0.25, 0.3) is 22.3 Å². The van der Waals surface area contributed by atoms with Gasteiger partial charge in [0.2, 0.25) is 0 Å². The molecule has 4 unspecified atom stereocenters. The number of aliphatic hydroxyl groups excluding tert-OH is 1. The molecule has 45 heavy (non-hydrogen) atoms. The van der Waals surface area contributed by atoms with E-state index in [1.165, 1.54) is 21.8 Å². The number of nitrogens with two attached hydrogens (primary N) is 2. The number of hydrogen-bond donors (Lipinski definition) is 5. The van der Waals surface area contributed by atoms with Gasteiger partial charge in [0.25, 0.3) is 0 Å². The molecule has 7 N–H and O–H groups in total. The van der Waals surface area contributed by atoms with Gasteiger partial charge in [-0.15, -0.1) is 0 Å². The molecule has 0 spiro atoms. The molecule has 0 radical (unpaired) electrons. The quantitative estimate of drug-likeness (QED) is 0.166. The van der Waals surface area contributed by atoms with Crippen molar-refractivity contribution in [2.75, 3.05) is 31.0 Å². The maximum Gasteiger partial charge on any atom is 0.472 e. The van der Waals surface area contributed by atoms with Gasteiger partial charge in [-0.2, -0.15) is 0 Å². The van der Waals surface area contributed by atoms with E-state index < -0.39 is 84.1 Å². The molecule has 0 saturated carbocycles. The number of nitrogens with zero attached hydrogens (tertiary/aromatic N) is 8. The smallest absolute Gasteiger partial charge is 0.387 e. The van der Waals surface area contributed by atoms with Crippen molar-refractivity contribution >= 4 is 49.4 Å². The van der Waals surface area contributed by atoms with Crippen molar-refractivity contribution in [3.8, 4) is 0 Å². The molecule has 7 heterocycles. The number of halogens is 1. The molecular weight excluding hydrogens is 649 g/mol. The molecule has 3 fully saturated rings. The molecule has 2 bridgehead atoms. The fraction of sp³-hybridized carbons (Fsp3) is 0.524. The first-order chi connectivity index (χ1) is 21.4. The van der Waals surface area contributed by atoms with E-state index in [9.17, 15) is 24.0 Å². The summed E-state index contributed by atoms with van der Waals surface area (Å²) in [7, 11) is -9.82. The molecule has 24 heteroatoms. The topological polar surface area (TPSA) is 289 Å². The van der Waals surface area contributed by atoms with Gasteiger partial charge in [-0.05, 0) is 0 Å². The summed E-state index contributed by atoms with van der Waals surface area (Å²) < 4.78 is 77.4. The predicted molar refractivity (Wildman–Crippen MR) is 144 cm³/mol. The van der Waals surface area contributed by atoms with Crippen LogP contribution in [0.1, 0.15) is 12.5 Å². The Kier molecular flexibility index (Phi) is 7.57. The lowest BCUT2D eigenvalue weighted by Gasteiger charge is -2.26. The van der Waals surface area contributed by atoms with Gasteiger partial charge in [0.15, 0.2) is 41.6 Å². The van der Waals surface area contributed by atoms with Crippen molar-refractivity contribution < 1.29 is 56.2 Å². The number of anilines is 2. The summed E-state index contributed by atoms with van der Waals surface area (Å²) in [6.07, 6.45) is -9.08. The van der Waals surface area contributed by atoms with E-state index in [-0.39, 0.29) is 34.0 Å². The molecule has 242 valence electrons. The van der Waals surface area contributed by atoms with Crippen LogP contribution in [-0.2, 0) is 36.9 Å². The van der Waals surface area contributed by atoms with Crippen LogP contribution in [0.4, 0.5) is 16.0 Å². The standard InChI is InChI=1S/C21H25FN10O11P2/c22-10-14-9(41-20(10)31-5-29-11-16(23)25-3-27-18(11)31)2-39-45(36,37)43-15-13(33)8(1-38-7-44(34,35)42-14)40-21(15)32-6-30-12-17(24)26-4-28-19(12)32/h3-6,8-10,13-15,20-21,33H,1-2,7H2,(H,34,35)(H,36,37)(H2,23,25,27)(H2,24,26,28)/t8-,9-,10+,13?,14?,15+,20-,21-/m1/s1. The lowest BCUT2D eigenvalue weighted by molar-refractivity contribution is -0.0621. The van der Waals surface area contributed by atoms with E-state index in [1.54, 1.807) is 0 Å². The van der Waals surface area contributed by atoms with Crippen molar-refractivity contribution in [3.05, 3.63) is 25.3 Å². The second kappa shape index (κ2) is 11.2. The molecule has 0 amide bonds. The second-order valence-corrected chi connectivity index (χ2v) is 13.4. The number of aromatic nitrogens is 8. The van der Waals surface area contributed by atoms with Crippen molar-refractivity contribution in [2.24, 2.45) is 0 Å². The SMILES string of the molecule is Nc1ncnc2c1ncn2[C@@H]1O[C@@H]2COP(=O)(O)O[C@H]3C(O)[C@@H](COCP(=O)(O)OC2[C@@H]1F)O[C@H]3n1cnc2c(N)ncnc21. The van der Waals surface area contributed by atoms with Crippen LogP contribution in [0.3, 0.4) is 0 Å². The van der Waals surface area contributed by atoms with Crippen molar-refractivity contribution in [3.63, 3.8) is 0 Å². The van der Waals surface area contributed by atoms with Crippen LogP contribution >= 0.6 is 15.4 Å². The minimum absolute atomic E-state index is 0.0131. The molecule has 21 nitrogen and oxygen atoms in total. The molecule has 3 saturated heterocycles. The van der Waals surface area contributed by atoms with E-state index in [0.29, 0.717) is 0 Å². The third-order valence-electron chi connectivity index (χ3n) is 7.38. The van der Waals surface area contributed by atoms with E-state index >= 15 is 4.39 Å². The minimum Gasteiger partial charge on any atom is -0.387 e. The number of alkyl halides is 1. The van der Waals surface area contributed by atoms with Crippen LogP contribution < -0.4 is 11.5 Å². The Morgan fingerprint density at radius 3 is 2.07 bits per heavy atom. The third-order valence-corrected chi connectivity index (χ3v) is 9.45. The summed E-state index contributed by atoms with van der Waals surface area (Å²) in [6, 6.07) is 0. The monoisotopic (exact) mass is 674 g/mol. The predicted octanol–water partition coefficient (Wildman–Crippen LogP) is -0.615. The molecule has 7 rings (SSSR count). The summed E-state index contributed by atoms with van der Waals surface area (Å²) in [5.74, 6) is 0.0530. The Morgan fingerprint density at radius 2 is 1.42 bits per heavy atom. The number of aliphatic hydroxyl groups is 1. The number of imidazole rings is 2. The van der Waals surface area contributed by atoms with Crippen LogP contribution in [0.5, 0.6) is 0 Å². The minimum atomic E-state index is -5.10. The first-order valence-electron chi connectivity index (χ1n) is 13.2. The number of rotatable bonds is 2. The number of hydrogen-bond acceptors (Lipinski definition) is 17. The maximum atomic E-state index is 15.9. The summed E-state index contributed by atoms with van der Waals surface area (Å²) in [4.78, 5) is 45.3. The number of fused-ring (bicyclic) bond motifs is 5. The number of ether oxygens (including phenoxy) is 3. The molecular formula is C21H25FN10O11P2. The highest BCUT2D eigenvalue weighted by atomic mass is 31.2. The van der Waals surface area contributed by atoms with Gasteiger partial charge in [0.05, 0.1) is 25.9 Å². The fourth-order valence-corrected chi connectivity index (χ4v) is 7.30. The van der Waals surface area contributed by atoms with E-state index in [4.69, 9.17) is 39.2 Å². The van der Waals surface area contributed by atoms with Crippen molar-refractivity contribution in [1.82, 2.24) is 39.0 Å². The lowest BCUT2D eigenvalue weighted by Crippen LogP contribution is -2.37. The number of phosphoric ester groups is 1. The Hall–Kier alpha value is -3.27. The normalized spacial score (nSPS) is 38.0. The van der Waals surface area contributed by atoms with Gasteiger partial charge >= 0.3 is 15.4 Å². The average molecular weight is 674 g/mol. The van der Waals surface area contributed by atoms with Gasteiger partial charge in [0, 0.05) is 0 Å². The van der Waals surface area contributed by atoms with Crippen LogP contribution in [0.15, 0.2) is 25.3 Å². The molecule has 10 atom stereocenters. The molecule has 3 aliphatic rings. The van der Waals surface area contributed by atoms with E-state index in [2.05, 4.69) is 29.9 Å². The number of nitrogen functional groups attached to an aromatic ring is 2. The Morgan fingerprint density at radius 1 is 0.822 bits per heavy atom. The van der Waals surface area contributed by atoms with E-state index in [1.807, 2.05) is 0 Å². The zero-order valence-electron chi connectivity index (χ0n) is 22.7. The van der Waals surface area contributed by atoms with Crippen molar-refractivity contribution in [2.45, 2.75) is 49.1 Å². The maximum absolute atomic E-state index is 15.9. The number of phosphoric acid groups is 1. The Balaban J connectivity index is 1.19. The Labute approximate surface area is 250 Å². The van der Waals surface area contributed by atoms with E-state index in [0.717, 1.165) is 12.7 Å². The molecule has 0 aromatic carbocycles. The van der Waals surface area contributed by atoms with Gasteiger partial charge < -0.3 is 40.6 Å². The fourth-order valence-electron chi connectivity index (χ4n) is 5.34. The lowest BCUT2D eigenvalue weighted by atomic mass is 10.1. The average Bonchev–Trinajstić information content (AvgIpc) is 3.74. The first kappa shape index (κ1) is 30.4. The molecule has 4 aromatic rings. The summed E-state index contributed by atoms with van der Waals surface area (Å²) in [6.45, 7) is -1.38. The van der Waals surface area contributed by atoms with Crippen LogP contribution in [0.2, 0.25) is 0 Å². The van der Waals surface area contributed by atoms with Crippen molar-refractivity contribution in [1.29, 1.82) is 0 Å². The first-order valence-corrected chi connectivity index (χ1v) is 16.4. The molecule has 3 aliphatic heterocycles. The second-order valence-electron chi connectivity index (χ2n) is 10.3.